The monoisotopic (exact) mass is 881 g/mol. The number of benzene rings is 3. The van der Waals surface area contributed by atoms with Gasteiger partial charge in [0, 0.05) is 63.9 Å². The minimum absolute atomic E-state index is 0. The molecule has 275 valence electrons. The van der Waals surface area contributed by atoms with Crippen LogP contribution in [0.1, 0.15) is 112 Å². The van der Waals surface area contributed by atoms with Gasteiger partial charge in [0.2, 0.25) is 0 Å². The van der Waals surface area contributed by atoms with Crippen LogP contribution in [0.2, 0.25) is 0 Å². The van der Waals surface area contributed by atoms with E-state index in [1.54, 1.807) is 0 Å². The van der Waals surface area contributed by atoms with Crippen LogP contribution in [0, 0.1) is 22.8 Å². The summed E-state index contributed by atoms with van der Waals surface area (Å²) in [5.74, 6) is 0.947. The first kappa shape index (κ1) is 42.3. The minimum Gasteiger partial charge on any atom is -0.512 e. The van der Waals surface area contributed by atoms with Crippen LogP contribution < -0.4 is 0 Å². The maximum atomic E-state index is 12.2. The maximum Gasteiger partial charge on any atom is 0.164 e. The molecule has 0 aliphatic heterocycles. The Balaban J connectivity index is 0.000000335. The Kier molecular flexibility index (Phi) is 14.6. The van der Waals surface area contributed by atoms with E-state index in [2.05, 4.69) is 107 Å². The molecule has 5 rings (SSSR count). The van der Waals surface area contributed by atoms with Gasteiger partial charge in [-0.3, -0.25) is 9.78 Å². The van der Waals surface area contributed by atoms with Crippen molar-refractivity contribution in [3.05, 3.63) is 101 Å². The summed E-state index contributed by atoms with van der Waals surface area (Å²) in [7, 11) is 0. The van der Waals surface area contributed by atoms with Crippen LogP contribution in [-0.2, 0) is 36.7 Å². The number of carbonyl (C=O) groups excluding carboxylic acids is 1. The number of rotatable bonds is 11. The second-order valence-corrected chi connectivity index (χ2v) is 16.9. The number of thiophene rings is 1. The standard InChI is InChI=1S/C31H30NS.C15H28O2.Ir/c1-20(2)15-24-19-27-25(11-8-12-30(27)33-24)22-13-14-32-29(18-22)23-16-21-9-6-7-10-26(21)28(17-23)31(3,4)5;1-7-14(5,8-2)12(16)11-13(17)15(6,9-3)10-4;/h6-14,17-20H,15H2,1-5H3;11,16H,7-10H2,1-6H3;/q-1;;/b;12-11-;. The van der Waals surface area contributed by atoms with E-state index >= 15 is 0 Å². The molecule has 3 aromatic carbocycles. The molecule has 0 amide bonds. The Morgan fingerprint density at radius 1 is 0.843 bits per heavy atom. The summed E-state index contributed by atoms with van der Waals surface area (Å²) < 4.78 is 1.36. The van der Waals surface area contributed by atoms with Crippen LogP contribution in [-0.4, -0.2) is 15.9 Å². The predicted octanol–water partition coefficient (Wildman–Crippen LogP) is 13.7. The quantitative estimate of drug-likeness (QED) is 0.0817. The number of pyridine rings is 1. The van der Waals surface area contributed by atoms with E-state index in [1.807, 2.05) is 59.1 Å². The average Bonchev–Trinajstić information content (AvgIpc) is 3.52. The van der Waals surface area contributed by atoms with E-state index in [1.165, 1.54) is 43.1 Å². The molecule has 51 heavy (non-hydrogen) atoms. The van der Waals surface area contributed by atoms with Gasteiger partial charge in [-0.15, -0.1) is 40.5 Å². The molecule has 0 unspecified atom stereocenters. The van der Waals surface area contributed by atoms with Crippen LogP contribution in [0.15, 0.2) is 84.8 Å². The summed E-state index contributed by atoms with van der Waals surface area (Å²) in [6.45, 7) is 23.5. The van der Waals surface area contributed by atoms with E-state index in [0.29, 0.717) is 5.92 Å². The molecule has 0 saturated carbocycles. The largest absolute Gasteiger partial charge is 0.512 e. The van der Waals surface area contributed by atoms with Crippen molar-refractivity contribution in [3.8, 4) is 22.4 Å². The Labute approximate surface area is 325 Å². The molecule has 1 radical (unpaired) electrons. The van der Waals surface area contributed by atoms with Crippen LogP contribution in [0.3, 0.4) is 0 Å². The van der Waals surface area contributed by atoms with Crippen LogP contribution >= 0.6 is 11.3 Å². The molecule has 2 aromatic heterocycles. The number of hydrogen-bond acceptors (Lipinski definition) is 4. The van der Waals surface area contributed by atoms with E-state index in [0.717, 1.165) is 48.7 Å². The van der Waals surface area contributed by atoms with Crippen molar-refractivity contribution in [2.45, 2.75) is 114 Å². The molecule has 3 nitrogen and oxygen atoms in total. The molecule has 0 spiro atoms. The van der Waals surface area contributed by atoms with Gasteiger partial charge in [0.1, 0.15) is 5.76 Å². The maximum absolute atomic E-state index is 12.2. The Bertz CT molecular complexity index is 1950. The Morgan fingerprint density at radius 2 is 1.49 bits per heavy atom. The molecule has 5 aromatic rings. The van der Waals surface area contributed by atoms with E-state index in [4.69, 9.17) is 4.98 Å². The summed E-state index contributed by atoms with van der Waals surface area (Å²) in [5, 5.41) is 13.9. The summed E-state index contributed by atoms with van der Waals surface area (Å²) in [6.07, 6.45) is 7.82. The third-order valence-corrected chi connectivity index (χ3v) is 11.9. The number of aromatic nitrogens is 1. The van der Waals surface area contributed by atoms with Gasteiger partial charge in [-0.2, -0.15) is 0 Å². The third kappa shape index (κ3) is 9.86. The number of carbonyl (C=O) groups is 1. The fraction of sp³-hybridized carbons (Fsp3) is 0.435. The van der Waals surface area contributed by atoms with E-state index in [-0.39, 0.29) is 47.9 Å². The molecule has 1 N–H and O–H groups in total. The normalized spacial score (nSPS) is 12.5. The van der Waals surface area contributed by atoms with Gasteiger partial charge in [-0.05, 0) is 72.8 Å². The van der Waals surface area contributed by atoms with Crippen LogP contribution in [0.4, 0.5) is 0 Å². The molecule has 0 fully saturated rings. The van der Waals surface area contributed by atoms with Gasteiger partial charge in [0.15, 0.2) is 5.78 Å². The molecular formula is C46H58IrNO2S-. The van der Waals surface area contributed by atoms with Gasteiger partial charge in [0.05, 0.1) is 0 Å². The van der Waals surface area contributed by atoms with E-state index in [9.17, 15) is 9.90 Å². The van der Waals surface area contributed by atoms with Gasteiger partial charge in [-0.1, -0.05) is 124 Å². The second-order valence-electron chi connectivity index (χ2n) is 15.8. The molecule has 2 heterocycles. The van der Waals surface area contributed by atoms with E-state index < -0.39 is 0 Å². The molecular weight excluding hydrogens is 823 g/mol. The SMILES string of the molecule is CC(C)Cc1cc2c(-c3ccnc(-c4[c-]c5ccccc5c(C(C)(C)C)c4)c3)cccc2s1.CCC(C)(CC)C(=O)/C=C(\O)C(C)(CC)CC.[Ir]. The van der Waals surface area contributed by atoms with Gasteiger partial charge in [-0.25, -0.2) is 0 Å². The van der Waals surface area contributed by atoms with Gasteiger partial charge >= 0.3 is 0 Å². The first-order valence-corrected chi connectivity index (χ1v) is 19.3. The Morgan fingerprint density at radius 3 is 2.10 bits per heavy atom. The molecule has 0 bridgehead atoms. The molecule has 0 saturated heterocycles. The molecule has 5 heteroatoms. The summed E-state index contributed by atoms with van der Waals surface area (Å²) in [6, 6.07) is 27.8. The van der Waals surface area contributed by atoms with Gasteiger partial charge < -0.3 is 5.11 Å². The topological polar surface area (TPSA) is 50.2 Å². The third-order valence-electron chi connectivity index (χ3n) is 10.8. The number of nitrogens with zero attached hydrogens (tertiary/aromatic N) is 1. The van der Waals surface area contributed by atoms with Gasteiger partial charge in [0.25, 0.3) is 0 Å². The Hall–Kier alpha value is -3.11. The molecule has 0 aliphatic carbocycles. The second kappa shape index (κ2) is 17.6. The summed E-state index contributed by atoms with van der Waals surface area (Å²) >= 11 is 1.92. The zero-order valence-electron chi connectivity index (χ0n) is 32.7. The van der Waals surface area contributed by atoms with Crippen LogP contribution in [0.5, 0.6) is 0 Å². The number of ketones is 1. The summed E-state index contributed by atoms with van der Waals surface area (Å²) in [4.78, 5) is 18.4. The smallest absolute Gasteiger partial charge is 0.164 e. The number of hydrogen-bond donors (Lipinski definition) is 1. The van der Waals surface area contributed by atoms with Crippen LogP contribution in [0.25, 0.3) is 43.2 Å². The fourth-order valence-electron chi connectivity index (χ4n) is 6.29. The van der Waals surface area contributed by atoms with Crippen molar-refractivity contribution in [1.82, 2.24) is 4.98 Å². The van der Waals surface area contributed by atoms with Crippen molar-refractivity contribution in [2.24, 2.45) is 16.7 Å². The van der Waals surface area contributed by atoms with Crippen molar-refractivity contribution < 1.29 is 30.0 Å². The number of aliphatic hydroxyl groups is 1. The van der Waals surface area contributed by atoms with Crippen molar-refractivity contribution in [2.75, 3.05) is 0 Å². The van der Waals surface area contributed by atoms with Crippen molar-refractivity contribution in [3.63, 3.8) is 0 Å². The number of allylic oxidation sites excluding steroid dienone is 2. The zero-order valence-corrected chi connectivity index (χ0v) is 35.9. The number of aliphatic hydroxyl groups excluding tert-OH is 1. The zero-order chi connectivity index (χ0) is 36.9. The van der Waals surface area contributed by atoms with Crippen molar-refractivity contribution >= 4 is 38.0 Å². The molecule has 0 aliphatic rings. The average molecular weight is 881 g/mol. The molecule has 0 atom stereocenters. The minimum atomic E-state index is -0.337. The number of fused-ring (bicyclic) bond motifs is 2. The van der Waals surface area contributed by atoms with Crippen molar-refractivity contribution in [1.29, 1.82) is 0 Å². The fourth-order valence-corrected chi connectivity index (χ4v) is 7.59. The summed E-state index contributed by atoms with van der Waals surface area (Å²) in [5.41, 5.74) is 5.27. The first-order chi connectivity index (χ1) is 23.6. The predicted molar refractivity (Wildman–Crippen MR) is 217 cm³/mol. The first-order valence-electron chi connectivity index (χ1n) is 18.5.